The third kappa shape index (κ3) is 3.68. The molecular formula is C16H21N3OS. The van der Waals surface area contributed by atoms with Crippen molar-refractivity contribution in [2.75, 3.05) is 5.32 Å². The van der Waals surface area contributed by atoms with Gasteiger partial charge in [-0.05, 0) is 38.0 Å². The average Bonchev–Trinajstić information content (AvgIpc) is 2.89. The number of nitrogens with zero attached hydrogens (tertiary/aromatic N) is 1. The fourth-order valence-corrected chi connectivity index (χ4v) is 2.55. The third-order valence-corrected chi connectivity index (χ3v) is 4.50. The van der Waals surface area contributed by atoms with Crippen molar-refractivity contribution in [1.29, 1.82) is 0 Å². The van der Waals surface area contributed by atoms with Crippen molar-refractivity contribution >= 4 is 22.4 Å². The molecule has 0 spiro atoms. The molecule has 1 aromatic heterocycles. The highest BCUT2D eigenvalue weighted by Crippen LogP contribution is 2.26. The van der Waals surface area contributed by atoms with Crippen molar-refractivity contribution in [1.82, 2.24) is 4.98 Å². The highest BCUT2D eigenvalue weighted by molar-refractivity contribution is 7.14. The van der Waals surface area contributed by atoms with Crippen LogP contribution in [0, 0.1) is 19.8 Å². The molecule has 2 aromatic rings. The maximum absolute atomic E-state index is 12.0. The second kappa shape index (κ2) is 6.37. The van der Waals surface area contributed by atoms with E-state index in [0.29, 0.717) is 5.13 Å². The van der Waals surface area contributed by atoms with Crippen LogP contribution in [0.15, 0.2) is 23.6 Å². The Morgan fingerprint density at radius 3 is 2.62 bits per heavy atom. The SMILES string of the molecule is Cc1ccc(-c2csc(NC(=O)C(C)C(C)N)n2)cc1C. The molecule has 0 fully saturated rings. The highest BCUT2D eigenvalue weighted by atomic mass is 32.1. The van der Waals surface area contributed by atoms with E-state index in [-0.39, 0.29) is 17.9 Å². The molecule has 0 saturated heterocycles. The van der Waals surface area contributed by atoms with Crippen molar-refractivity contribution < 1.29 is 4.79 Å². The summed E-state index contributed by atoms with van der Waals surface area (Å²) < 4.78 is 0. The minimum absolute atomic E-state index is 0.0917. The normalized spacial score (nSPS) is 13.8. The molecule has 2 rings (SSSR count). The molecule has 0 aliphatic rings. The van der Waals surface area contributed by atoms with Gasteiger partial charge in [0.25, 0.3) is 0 Å². The molecule has 112 valence electrons. The quantitative estimate of drug-likeness (QED) is 0.910. The Hall–Kier alpha value is -1.72. The molecule has 2 unspecified atom stereocenters. The Balaban J connectivity index is 2.14. The smallest absolute Gasteiger partial charge is 0.230 e. The standard InChI is InChI=1S/C16H21N3OS/c1-9-5-6-13(7-10(9)2)14-8-21-16(18-14)19-15(20)11(3)12(4)17/h5-8,11-12H,17H2,1-4H3,(H,18,19,20). The molecule has 1 amide bonds. The number of hydrogen-bond acceptors (Lipinski definition) is 4. The number of thiazole rings is 1. The molecule has 21 heavy (non-hydrogen) atoms. The first-order chi connectivity index (χ1) is 9.88. The van der Waals surface area contributed by atoms with E-state index in [4.69, 9.17) is 5.73 Å². The van der Waals surface area contributed by atoms with E-state index in [0.717, 1.165) is 11.3 Å². The summed E-state index contributed by atoms with van der Waals surface area (Å²) in [7, 11) is 0. The van der Waals surface area contributed by atoms with Crippen LogP contribution in [0.5, 0.6) is 0 Å². The largest absolute Gasteiger partial charge is 0.327 e. The van der Waals surface area contributed by atoms with Crippen molar-refractivity contribution in [3.05, 3.63) is 34.7 Å². The summed E-state index contributed by atoms with van der Waals surface area (Å²) in [5.41, 5.74) is 10.2. The van der Waals surface area contributed by atoms with Crippen LogP contribution in [0.3, 0.4) is 0 Å². The highest BCUT2D eigenvalue weighted by Gasteiger charge is 2.18. The number of anilines is 1. The molecule has 2 atom stereocenters. The van der Waals surface area contributed by atoms with Crippen molar-refractivity contribution in [2.45, 2.75) is 33.7 Å². The van der Waals surface area contributed by atoms with Crippen LogP contribution < -0.4 is 11.1 Å². The summed E-state index contributed by atoms with van der Waals surface area (Å²) in [6.45, 7) is 7.81. The van der Waals surface area contributed by atoms with Crippen LogP contribution in [-0.4, -0.2) is 16.9 Å². The molecule has 0 aliphatic carbocycles. The van der Waals surface area contributed by atoms with Gasteiger partial charge < -0.3 is 11.1 Å². The van der Waals surface area contributed by atoms with E-state index in [2.05, 4.69) is 36.3 Å². The van der Waals surface area contributed by atoms with E-state index < -0.39 is 0 Å². The van der Waals surface area contributed by atoms with E-state index >= 15 is 0 Å². The van der Waals surface area contributed by atoms with Gasteiger partial charge in [0, 0.05) is 17.0 Å². The first kappa shape index (κ1) is 15.7. The number of nitrogens with one attached hydrogen (secondary N) is 1. The van der Waals surface area contributed by atoms with Gasteiger partial charge in [-0.15, -0.1) is 11.3 Å². The maximum atomic E-state index is 12.0. The monoisotopic (exact) mass is 303 g/mol. The fourth-order valence-electron chi connectivity index (χ4n) is 1.82. The van der Waals surface area contributed by atoms with E-state index in [1.807, 2.05) is 25.3 Å². The Kier molecular flexibility index (Phi) is 4.75. The molecule has 4 nitrogen and oxygen atoms in total. The van der Waals surface area contributed by atoms with Crippen LogP contribution >= 0.6 is 11.3 Å². The number of benzene rings is 1. The van der Waals surface area contributed by atoms with Gasteiger partial charge in [0.15, 0.2) is 5.13 Å². The topological polar surface area (TPSA) is 68.0 Å². The number of rotatable bonds is 4. The van der Waals surface area contributed by atoms with Gasteiger partial charge in [-0.2, -0.15) is 0 Å². The Morgan fingerprint density at radius 1 is 1.29 bits per heavy atom. The molecule has 5 heteroatoms. The van der Waals surface area contributed by atoms with E-state index in [1.54, 1.807) is 0 Å². The van der Waals surface area contributed by atoms with Gasteiger partial charge in [-0.3, -0.25) is 4.79 Å². The van der Waals surface area contributed by atoms with Gasteiger partial charge in [-0.1, -0.05) is 19.1 Å². The Morgan fingerprint density at radius 2 is 2.00 bits per heavy atom. The van der Waals surface area contributed by atoms with Crippen LogP contribution in [0.1, 0.15) is 25.0 Å². The molecular weight excluding hydrogens is 282 g/mol. The molecule has 0 saturated carbocycles. The average molecular weight is 303 g/mol. The summed E-state index contributed by atoms with van der Waals surface area (Å²) in [6.07, 6.45) is 0. The summed E-state index contributed by atoms with van der Waals surface area (Å²) in [4.78, 5) is 16.5. The van der Waals surface area contributed by atoms with E-state index in [1.165, 1.54) is 22.5 Å². The van der Waals surface area contributed by atoms with E-state index in [9.17, 15) is 4.79 Å². The summed E-state index contributed by atoms with van der Waals surface area (Å²) in [5, 5.41) is 5.39. The lowest BCUT2D eigenvalue weighted by atomic mass is 10.0. The molecule has 1 aromatic carbocycles. The van der Waals surface area contributed by atoms with Gasteiger partial charge in [0.05, 0.1) is 11.6 Å². The lowest BCUT2D eigenvalue weighted by molar-refractivity contribution is -0.119. The van der Waals surface area contributed by atoms with Gasteiger partial charge in [0.2, 0.25) is 5.91 Å². The van der Waals surface area contributed by atoms with Crippen LogP contribution in [-0.2, 0) is 4.79 Å². The number of hydrogen-bond donors (Lipinski definition) is 2. The molecule has 0 aliphatic heterocycles. The molecule has 3 N–H and O–H groups in total. The Bertz CT molecular complexity index is 649. The fraction of sp³-hybridized carbons (Fsp3) is 0.375. The number of nitrogens with two attached hydrogens (primary N) is 1. The van der Waals surface area contributed by atoms with Crippen molar-refractivity contribution in [3.63, 3.8) is 0 Å². The number of aromatic nitrogens is 1. The molecule has 1 heterocycles. The number of aryl methyl sites for hydroxylation is 2. The molecule has 0 bridgehead atoms. The second-order valence-corrected chi connectivity index (χ2v) is 6.33. The summed E-state index contributed by atoms with van der Waals surface area (Å²) in [6, 6.07) is 6.07. The lowest BCUT2D eigenvalue weighted by Crippen LogP contribution is -2.34. The number of carbonyl (C=O) groups is 1. The zero-order chi connectivity index (χ0) is 15.6. The van der Waals surface area contributed by atoms with Gasteiger partial charge >= 0.3 is 0 Å². The first-order valence-corrected chi connectivity index (χ1v) is 7.86. The van der Waals surface area contributed by atoms with Crippen molar-refractivity contribution in [2.24, 2.45) is 11.7 Å². The number of amides is 1. The third-order valence-electron chi connectivity index (χ3n) is 3.74. The van der Waals surface area contributed by atoms with Gasteiger partial charge in [0.1, 0.15) is 0 Å². The van der Waals surface area contributed by atoms with Gasteiger partial charge in [-0.25, -0.2) is 4.98 Å². The number of carbonyl (C=O) groups excluding carboxylic acids is 1. The first-order valence-electron chi connectivity index (χ1n) is 6.98. The minimum Gasteiger partial charge on any atom is -0.327 e. The summed E-state index contributed by atoms with van der Waals surface area (Å²) in [5.74, 6) is -0.329. The predicted octanol–water partition coefficient (Wildman–Crippen LogP) is 3.35. The zero-order valence-corrected chi connectivity index (χ0v) is 13.6. The predicted molar refractivity (Wildman–Crippen MR) is 88.5 cm³/mol. The minimum atomic E-state index is -0.237. The Labute approximate surface area is 129 Å². The molecule has 0 radical (unpaired) electrons. The lowest BCUT2D eigenvalue weighted by Gasteiger charge is -2.13. The maximum Gasteiger partial charge on any atom is 0.230 e. The van der Waals surface area contributed by atoms with Crippen LogP contribution in [0.25, 0.3) is 11.3 Å². The second-order valence-electron chi connectivity index (χ2n) is 5.47. The zero-order valence-electron chi connectivity index (χ0n) is 12.8. The van der Waals surface area contributed by atoms with Crippen LogP contribution in [0.2, 0.25) is 0 Å². The van der Waals surface area contributed by atoms with Crippen LogP contribution in [0.4, 0.5) is 5.13 Å². The summed E-state index contributed by atoms with van der Waals surface area (Å²) >= 11 is 1.43. The van der Waals surface area contributed by atoms with Crippen molar-refractivity contribution in [3.8, 4) is 11.3 Å².